The van der Waals surface area contributed by atoms with Gasteiger partial charge in [-0.3, -0.25) is 4.79 Å². The van der Waals surface area contributed by atoms with Crippen LogP contribution in [-0.4, -0.2) is 29.9 Å². The van der Waals surface area contributed by atoms with Gasteiger partial charge in [0.1, 0.15) is 0 Å². The molecule has 168 valence electrons. The molecular formula is C26H40O4. The minimum absolute atomic E-state index is 0.121. The smallest absolute Gasteiger partial charge is 0.303 e. The number of allylic oxidation sites excluding steroid dienone is 1. The Bertz CT molecular complexity index is 598. The zero-order chi connectivity index (χ0) is 21.4. The highest BCUT2D eigenvalue weighted by Crippen LogP contribution is 2.33. The highest BCUT2D eigenvalue weighted by atomic mass is 16.5. The molecule has 2 rings (SSSR count). The molecule has 3 atom stereocenters. The summed E-state index contributed by atoms with van der Waals surface area (Å²) in [4.78, 5) is 10.6. The van der Waals surface area contributed by atoms with E-state index >= 15 is 0 Å². The van der Waals surface area contributed by atoms with Gasteiger partial charge in [-0.05, 0) is 44.1 Å². The number of ether oxygens (including phenoxy) is 2. The van der Waals surface area contributed by atoms with E-state index in [2.05, 4.69) is 31.2 Å². The Balaban J connectivity index is 1.81. The second-order valence-electron chi connectivity index (χ2n) is 8.39. The molecule has 1 fully saturated rings. The molecule has 4 heteroatoms. The number of carboxylic acid groups (broad SMARTS) is 1. The van der Waals surface area contributed by atoms with Crippen molar-refractivity contribution in [3.05, 3.63) is 48.0 Å². The van der Waals surface area contributed by atoms with Crippen LogP contribution in [0.3, 0.4) is 0 Å². The van der Waals surface area contributed by atoms with E-state index in [1.807, 2.05) is 18.2 Å². The zero-order valence-electron chi connectivity index (χ0n) is 18.6. The van der Waals surface area contributed by atoms with Crippen LogP contribution in [0.5, 0.6) is 0 Å². The molecule has 0 spiro atoms. The highest BCUT2D eigenvalue weighted by molar-refractivity contribution is 5.66. The Kier molecular flexibility index (Phi) is 12.5. The number of unbranched alkanes of at least 4 members (excludes halogenated alkanes) is 6. The highest BCUT2D eigenvalue weighted by Gasteiger charge is 2.36. The summed E-state index contributed by atoms with van der Waals surface area (Å²) < 4.78 is 12.6. The maximum Gasteiger partial charge on any atom is 0.303 e. The summed E-state index contributed by atoms with van der Waals surface area (Å²) in [6, 6.07) is 10.3. The van der Waals surface area contributed by atoms with Crippen molar-refractivity contribution in [1.82, 2.24) is 0 Å². The maximum absolute atomic E-state index is 10.6. The number of carboxylic acids is 1. The summed E-state index contributed by atoms with van der Waals surface area (Å²) in [6.07, 6.45) is 15.9. The summed E-state index contributed by atoms with van der Waals surface area (Å²) in [7, 11) is 0. The van der Waals surface area contributed by atoms with E-state index in [0.717, 1.165) is 45.1 Å². The van der Waals surface area contributed by atoms with Crippen molar-refractivity contribution in [2.24, 2.45) is 5.92 Å². The van der Waals surface area contributed by atoms with Crippen LogP contribution in [0.2, 0.25) is 0 Å². The second kappa shape index (κ2) is 15.2. The topological polar surface area (TPSA) is 55.8 Å². The van der Waals surface area contributed by atoms with Gasteiger partial charge in [-0.1, -0.05) is 75.1 Å². The summed E-state index contributed by atoms with van der Waals surface area (Å²) >= 11 is 0. The van der Waals surface area contributed by atoms with Gasteiger partial charge in [0, 0.05) is 18.9 Å². The van der Waals surface area contributed by atoms with E-state index in [0.29, 0.717) is 12.5 Å². The third-order valence-corrected chi connectivity index (χ3v) is 5.83. The molecule has 1 N–H and O–H groups in total. The average Bonchev–Trinajstić information content (AvgIpc) is 3.13. The van der Waals surface area contributed by atoms with Crippen LogP contribution in [0.25, 0.3) is 0 Å². The fraction of sp³-hybridized carbons (Fsp3) is 0.654. The molecule has 1 aliphatic carbocycles. The normalized spacial score (nSPS) is 21.4. The van der Waals surface area contributed by atoms with Gasteiger partial charge in [0.15, 0.2) is 0 Å². The van der Waals surface area contributed by atoms with Crippen molar-refractivity contribution in [3.8, 4) is 0 Å². The van der Waals surface area contributed by atoms with Crippen LogP contribution >= 0.6 is 0 Å². The van der Waals surface area contributed by atoms with Gasteiger partial charge < -0.3 is 14.6 Å². The van der Waals surface area contributed by atoms with Gasteiger partial charge in [-0.15, -0.1) is 0 Å². The molecule has 0 saturated heterocycles. The van der Waals surface area contributed by atoms with Gasteiger partial charge in [-0.2, -0.15) is 0 Å². The molecule has 0 aliphatic heterocycles. The largest absolute Gasteiger partial charge is 0.481 e. The Hall–Kier alpha value is -1.65. The Labute approximate surface area is 182 Å². The molecule has 0 heterocycles. The van der Waals surface area contributed by atoms with Crippen molar-refractivity contribution in [2.45, 2.75) is 96.4 Å². The van der Waals surface area contributed by atoms with Crippen LogP contribution in [0.15, 0.2) is 42.5 Å². The minimum Gasteiger partial charge on any atom is -0.481 e. The molecule has 30 heavy (non-hydrogen) atoms. The number of benzene rings is 1. The summed E-state index contributed by atoms with van der Waals surface area (Å²) in [6.45, 7) is 3.68. The van der Waals surface area contributed by atoms with Crippen LogP contribution in [0, 0.1) is 5.92 Å². The first-order valence-electron chi connectivity index (χ1n) is 11.9. The number of hydrogen-bond donors (Lipinski definition) is 1. The maximum atomic E-state index is 10.6. The summed E-state index contributed by atoms with van der Waals surface area (Å²) in [5.74, 6) is -0.318. The van der Waals surface area contributed by atoms with Crippen LogP contribution in [0.1, 0.15) is 83.1 Å². The van der Waals surface area contributed by atoms with E-state index in [1.54, 1.807) is 0 Å². The van der Waals surface area contributed by atoms with Crippen molar-refractivity contribution < 1.29 is 19.4 Å². The number of rotatable bonds is 16. The molecule has 1 aliphatic rings. The monoisotopic (exact) mass is 416 g/mol. The van der Waals surface area contributed by atoms with E-state index in [4.69, 9.17) is 14.6 Å². The molecule has 0 radical (unpaired) electrons. The van der Waals surface area contributed by atoms with Gasteiger partial charge in [0.25, 0.3) is 0 Å². The minimum atomic E-state index is -0.708. The van der Waals surface area contributed by atoms with Crippen molar-refractivity contribution >= 4 is 5.97 Å². The average molecular weight is 417 g/mol. The molecular weight excluding hydrogens is 376 g/mol. The molecule has 0 bridgehead atoms. The van der Waals surface area contributed by atoms with Gasteiger partial charge in [-0.25, -0.2) is 0 Å². The Morgan fingerprint density at radius 1 is 1.03 bits per heavy atom. The first-order chi connectivity index (χ1) is 14.7. The van der Waals surface area contributed by atoms with E-state index in [1.165, 1.54) is 31.2 Å². The lowest BCUT2D eigenvalue weighted by Gasteiger charge is -2.24. The van der Waals surface area contributed by atoms with Gasteiger partial charge in [0.2, 0.25) is 0 Å². The fourth-order valence-electron chi connectivity index (χ4n) is 4.09. The lowest BCUT2D eigenvalue weighted by atomic mass is 10.0. The lowest BCUT2D eigenvalue weighted by molar-refractivity contribution is -0.137. The van der Waals surface area contributed by atoms with Gasteiger partial charge in [0.05, 0.1) is 18.8 Å². The van der Waals surface area contributed by atoms with E-state index < -0.39 is 5.97 Å². The van der Waals surface area contributed by atoms with E-state index in [9.17, 15) is 4.79 Å². The molecule has 1 aromatic rings. The van der Waals surface area contributed by atoms with Crippen LogP contribution in [0.4, 0.5) is 0 Å². The van der Waals surface area contributed by atoms with Crippen LogP contribution in [-0.2, 0) is 20.9 Å². The number of hydrogen-bond acceptors (Lipinski definition) is 3. The molecule has 0 unspecified atom stereocenters. The molecule has 0 amide bonds. The molecule has 1 aromatic carbocycles. The molecule has 0 aromatic heterocycles. The number of carbonyl (C=O) groups is 1. The predicted molar refractivity (Wildman–Crippen MR) is 121 cm³/mol. The van der Waals surface area contributed by atoms with E-state index in [-0.39, 0.29) is 18.6 Å². The molecule has 4 nitrogen and oxygen atoms in total. The Morgan fingerprint density at radius 3 is 2.60 bits per heavy atom. The fourth-order valence-corrected chi connectivity index (χ4v) is 4.09. The standard InChI is InChI=1S/C26H40O4/c1-2-3-4-7-13-20-29-26-23(16-11-5-6-12-17-25(27)28)18-19-24(26)30-21-22-14-9-8-10-15-22/h8-11,14-16,23-24,26H,2-7,12-13,17-21H2,1H3,(H,27,28)/t23-,24-,26-/m1/s1. The molecule has 1 saturated carbocycles. The Morgan fingerprint density at radius 2 is 1.83 bits per heavy atom. The lowest BCUT2D eigenvalue weighted by Crippen LogP contribution is -2.31. The third-order valence-electron chi connectivity index (χ3n) is 5.83. The zero-order valence-corrected chi connectivity index (χ0v) is 18.6. The number of aliphatic carboxylic acids is 1. The van der Waals surface area contributed by atoms with Crippen molar-refractivity contribution in [1.29, 1.82) is 0 Å². The predicted octanol–water partition coefficient (Wildman–Crippen LogP) is 6.54. The third kappa shape index (κ3) is 9.90. The quantitative estimate of drug-likeness (QED) is 0.246. The summed E-state index contributed by atoms with van der Waals surface area (Å²) in [5.41, 5.74) is 1.20. The van der Waals surface area contributed by atoms with Crippen molar-refractivity contribution in [3.63, 3.8) is 0 Å². The first-order valence-corrected chi connectivity index (χ1v) is 11.9. The second-order valence-corrected chi connectivity index (χ2v) is 8.39. The van der Waals surface area contributed by atoms with Crippen molar-refractivity contribution in [2.75, 3.05) is 6.61 Å². The van der Waals surface area contributed by atoms with Crippen LogP contribution < -0.4 is 0 Å². The van der Waals surface area contributed by atoms with Gasteiger partial charge >= 0.3 is 5.97 Å². The first kappa shape index (κ1) is 24.6. The SMILES string of the molecule is CCCCCCCO[C@@H]1[C@H](C=CCCCCC(=O)O)CC[C@H]1OCc1ccccc1. The summed E-state index contributed by atoms with van der Waals surface area (Å²) in [5, 5.41) is 8.74.